The first-order chi connectivity index (χ1) is 4.84. The van der Waals surface area contributed by atoms with Crippen LogP contribution in [0.3, 0.4) is 0 Å². The van der Waals surface area contributed by atoms with Crippen molar-refractivity contribution >= 4 is 12.2 Å². The van der Waals surface area contributed by atoms with Crippen molar-refractivity contribution in [3.8, 4) is 0 Å². The van der Waals surface area contributed by atoms with Crippen LogP contribution >= 0.6 is 0 Å². The molecule has 0 saturated carbocycles. The average molecular weight is 137 g/mol. The summed E-state index contributed by atoms with van der Waals surface area (Å²) in [4.78, 5) is 1.99. The highest BCUT2D eigenvalue weighted by atomic mass is 15.3. The monoisotopic (exact) mass is 137 g/mol. The molecule has 0 spiro atoms. The van der Waals surface area contributed by atoms with Crippen LogP contribution in [0.1, 0.15) is 20.3 Å². The normalized spacial score (nSPS) is 18.0. The Balaban J connectivity index is 2.58. The molecule has 10 heavy (non-hydrogen) atoms. The van der Waals surface area contributed by atoms with Gasteiger partial charge in [-0.05, 0) is 13.3 Å². The van der Waals surface area contributed by atoms with Crippen LogP contribution in [0.5, 0.6) is 0 Å². The summed E-state index contributed by atoms with van der Waals surface area (Å²) in [5, 5.41) is 7.28. The van der Waals surface area contributed by atoms with E-state index in [0.717, 1.165) is 6.42 Å². The molecule has 0 aromatic carbocycles. The number of hydrogen-bond donors (Lipinski definition) is 0. The predicted molar refractivity (Wildman–Crippen MR) is 42.1 cm³/mol. The molecule has 1 atom stereocenters. The lowest BCUT2D eigenvalue weighted by atomic mass is 10.2. The van der Waals surface area contributed by atoms with E-state index in [2.05, 4.69) is 29.9 Å². The highest BCUT2D eigenvalue weighted by molar-refractivity contribution is 5.66. The van der Waals surface area contributed by atoms with Crippen LogP contribution < -0.4 is 0 Å². The lowest BCUT2D eigenvalue weighted by Crippen LogP contribution is -2.26. The highest BCUT2D eigenvalue weighted by Gasteiger charge is 2.04. The minimum absolute atomic E-state index is 0.492. The quantitative estimate of drug-likeness (QED) is 0.562. The van der Waals surface area contributed by atoms with E-state index in [1.807, 2.05) is 4.90 Å². The first-order valence-electron chi connectivity index (χ1n) is 3.44. The Labute approximate surface area is 60.8 Å². The topological polar surface area (TPSA) is 28.0 Å². The molecule has 54 valence electrons. The van der Waals surface area contributed by atoms with E-state index in [4.69, 9.17) is 0 Å². The van der Waals surface area contributed by atoms with Crippen molar-refractivity contribution in [3.05, 3.63) is 6.20 Å². The smallest absolute Gasteiger partial charge is 0.119 e. The molecule has 0 saturated heterocycles. The molecule has 0 N–H and O–H groups in total. The Morgan fingerprint density at radius 1 is 1.70 bits per heavy atom. The third-order valence-corrected chi connectivity index (χ3v) is 1.61. The SMILES string of the molecule is CCC(C)N1C=C=NN=C1. The Morgan fingerprint density at radius 3 is 3.00 bits per heavy atom. The molecular weight excluding hydrogens is 126 g/mol. The maximum Gasteiger partial charge on any atom is 0.119 e. The van der Waals surface area contributed by atoms with Gasteiger partial charge in [0.25, 0.3) is 0 Å². The van der Waals surface area contributed by atoms with Gasteiger partial charge in [-0.15, -0.1) is 10.2 Å². The minimum atomic E-state index is 0.492. The molecule has 1 unspecified atom stereocenters. The fraction of sp³-hybridized carbons (Fsp3) is 0.571. The Bertz CT molecular complexity index is 189. The minimum Gasteiger partial charge on any atom is -0.326 e. The van der Waals surface area contributed by atoms with Crippen molar-refractivity contribution in [2.24, 2.45) is 10.2 Å². The largest absolute Gasteiger partial charge is 0.326 e. The Morgan fingerprint density at radius 2 is 2.50 bits per heavy atom. The maximum atomic E-state index is 3.71. The second kappa shape index (κ2) is 3.18. The van der Waals surface area contributed by atoms with Crippen LogP contribution in [-0.4, -0.2) is 23.2 Å². The maximum absolute atomic E-state index is 3.71. The predicted octanol–water partition coefficient (Wildman–Crippen LogP) is 1.23. The van der Waals surface area contributed by atoms with Crippen molar-refractivity contribution in [2.75, 3.05) is 0 Å². The Hall–Kier alpha value is -1.08. The lowest BCUT2D eigenvalue weighted by molar-refractivity contribution is 0.427. The average Bonchev–Trinajstić information content (AvgIpc) is 2.05. The van der Waals surface area contributed by atoms with E-state index in [-0.39, 0.29) is 0 Å². The molecule has 1 aliphatic rings. The lowest BCUT2D eigenvalue weighted by Gasteiger charge is -2.20. The van der Waals surface area contributed by atoms with Crippen LogP contribution in [0.15, 0.2) is 16.4 Å². The molecule has 0 aliphatic carbocycles. The molecule has 1 aliphatic heterocycles. The van der Waals surface area contributed by atoms with Gasteiger partial charge in [-0.1, -0.05) is 6.92 Å². The first-order valence-corrected chi connectivity index (χ1v) is 3.44. The number of nitrogens with zero attached hydrogens (tertiary/aromatic N) is 3. The van der Waals surface area contributed by atoms with Crippen molar-refractivity contribution in [2.45, 2.75) is 26.3 Å². The third-order valence-electron chi connectivity index (χ3n) is 1.61. The van der Waals surface area contributed by atoms with E-state index in [0.29, 0.717) is 6.04 Å². The van der Waals surface area contributed by atoms with Gasteiger partial charge in [-0.25, -0.2) is 0 Å². The van der Waals surface area contributed by atoms with Crippen LogP contribution in [-0.2, 0) is 0 Å². The van der Waals surface area contributed by atoms with Gasteiger partial charge in [0.05, 0.1) is 6.20 Å². The molecule has 0 amide bonds. The van der Waals surface area contributed by atoms with E-state index in [1.54, 1.807) is 12.5 Å². The first kappa shape index (κ1) is 7.03. The second-order valence-corrected chi connectivity index (χ2v) is 2.29. The summed E-state index contributed by atoms with van der Waals surface area (Å²) in [6.07, 6.45) is 4.62. The molecule has 1 heterocycles. The summed E-state index contributed by atoms with van der Waals surface area (Å²) in [6, 6.07) is 0.492. The summed E-state index contributed by atoms with van der Waals surface area (Å²) in [5.41, 5.74) is 0. The summed E-state index contributed by atoms with van der Waals surface area (Å²) in [7, 11) is 0. The molecule has 0 aromatic rings. The molecule has 1 rings (SSSR count). The molecule has 0 radical (unpaired) electrons. The second-order valence-electron chi connectivity index (χ2n) is 2.29. The summed E-state index contributed by atoms with van der Waals surface area (Å²) >= 11 is 0. The fourth-order valence-electron chi connectivity index (χ4n) is 0.696. The zero-order valence-electron chi connectivity index (χ0n) is 6.28. The van der Waals surface area contributed by atoms with Gasteiger partial charge >= 0.3 is 0 Å². The van der Waals surface area contributed by atoms with Gasteiger partial charge in [-0.3, -0.25) is 0 Å². The number of rotatable bonds is 2. The molecule has 0 aromatic heterocycles. The molecular formula is C7H11N3. The van der Waals surface area contributed by atoms with E-state index >= 15 is 0 Å². The third kappa shape index (κ3) is 1.45. The van der Waals surface area contributed by atoms with E-state index in [1.165, 1.54) is 0 Å². The van der Waals surface area contributed by atoms with Crippen LogP contribution in [0, 0.1) is 0 Å². The van der Waals surface area contributed by atoms with Crippen molar-refractivity contribution < 1.29 is 0 Å². The van der Waals surface area contributed by atoms with Gasteiger partial charge in [0, 0.05) is 11.9 Å². The van der Waals surface area contributed by atoms with Gasteiger partial charge in [0.2, 0.25) is 0 Å². The standard InChI is InChI=1S/C7H11N3/c1-3-7(2)10-5-4-8-9-6-10/h5-7H,3H2,1-2H3. The summed E-state index contributed by atoms with van der Waals surface area (Å²) < 4.78 is 0. The van der Waals surface area contributed by atoms with Crippen molar-refractivity contribution in [1.29, 1.82) is 0 Å². The van der Waals surface area contributed by atoms with Gasteiger partial charge < -0.3 is 4.90 Å². The number of hydrogen-bond acceptors (Lipinski definition) is 3. The highest BCUT2D eigenvalue weighted by Crippen LogP contribution is 2.01. The van der Waals surface area contributed by atoms with Crippen molar-refractivity contribution in [1.82, 2.24) is 4.90 Å². The van der Waals surface area contributed by atoms with Gasteiger partial charge in [0.15, 0.2) is 0 Å². The molecule has 0 fully saturated rings. The Kier molecular flexibility index (Phi) is 2.24. The van der Waals surface area contributed by atoms with Gasteiger partial charge in [0.1, 0.15) is 6.34 Å². The zero-order valence-corrected chi connectivity index (χ0v) is 6.28. The van der Waals surface area contributed by atoms with Crippen LogP contribution in [0.2, 0.25) is 0 Å². The summed E-state index contributed by atoms with van der Waals surface area (Å²) in [5.74, 6) is 2.68. The molecule has 3 nitrogen and oxygen atoms in total. The van der Waals surface area contributed by atoms with Gasteiger partial charge in [-0.2, -0.15) is 0 Å². The van der Waals surface area contributed by atoms with Crippen LogP contribution in [0.25, 0.3) is 0 Å². The zero-order chi connectivity index (χ0) is 7.40. The van der Waals surface area contributed by atoms with Crippen molar-refractivity contribution in [3.63, 3.8) is 0 Å². The molecule has 3 heteroatoms. The molecule has 0 bridgehead atoms. The van der Waals surface area contributed by atoms with E-state index < -0.39 is 0 Å². The summed E-state index contributed by atoms with van der Waals surface area (Å²) in [6.45, 7) is 4.27. The van der Waals surface area contributed by atoms with Crippen LogP contribution in [0.4, 0.5) is 0 Å². The van der Waals surface area contributed by atoms with E-state index in [9.17, 15) is 0 Å². The fourth-order valence-corrected chi connectivity index (χ4v) is 0.696.